The molecule has 0 bridgehead atoms. The second kappa shape index (κ2) is 8.65. The minimum Gasteiger partial charge on any atom is -0.457 e. The predicted octanol–water partition coefficient (Wildman–Crippen LogP) is 1.54. The van der Waals surface area contributed by atoms with Gasteiger partial charge in [-0.25, -0.2) is 9.59 Å². The highest BCUT2D eigenvalue weighted by atomic mass is 16.6. The van der Waals surface area contributed by atoms with Crippen molar-refractivity contribution in [2.45, 2.75) is 31.9 Å². The highest BCUT2D eigenvalue weighted by Gasteiger charge is 2.57. The summed E-state index contributed by atoms with van der Waals surface area (Å²) in [6.45, 7) is 9.63. The molecule has 3 heterocycles. The van der Waals surface area contributed by atoms with Gasteiger partial charge in [0.25, 0.3) is 0 Å². The zero-order chi connectivity index (χ0) is 21.1. The van der Waals surface area contributed by atoms with Crippen LogP contribution in [-0.4, -0.2) is 71.3 Å². The van der Waals surface area contributed by atoms with E-state index in [1.165, 1.54) is 17.1 Å². The van der Waals surface area contributed by atoms with Crippen molar-refractivity contribution < 1.29 is 29.0 Å². The Morgan fingerprint density at radius 3 is 2.59 bits per heavy atom. The van der Waals surface area contributed by atoms with E-state index in [1.54, 1.807) is 11.8 Å². The van der Waals surface area contributed by atoms with Crippen molar-refractivity contribution in [1.29, 1.82) is 0 Å². The summed E-state index contributed by atoms with van der Waals surface area (Å²) in [5, 5.41) is 9.94. The number of aliphatic hydroxyl groups excluding tert-OH is 1. The van der Waals surface area contributed by atoms with Gasteiger partial charge < -0.3 is 24.4 Å². The largest absolute Gasteiger partial charge is 0.457 e. The van der Waals surface area contributed by atoms with Crippen molar-refractivity contribution in [3.63, 3.8) is 0 Å². The topological polar surface area (TPSA) is 96.4 Å². The summed E-state index contributed by atoms with van der Waals surface area (Å²) in [4.78, 5) is 40.2. The van der Waals surface area contributed by atoms with Crippen LogP contribution in [0, 0.1) is 5.92 Å². The fourth-order valence-corrected chi connectivity index (χ4v) is 4.08. The number of carbonyl (C=O) groups is 3. The lowest BCUT2D eigenvalue weighted by Gasteiger charge is -2.44. The van der Waals surface area contributed by atoms with Crippen LogP contribution in [0.25, 0.3) is 0 Å². The molecule has 3 atom stereocenters. The number of esters is 1. The van der Waals surface area contributed by atoms with Crippen LogP contribution >= 0.6 is 0 Å². The van der Waals surface area contributed by atoms with Gasteiger partial charge in [0.2, 0.25) is 5.91 Å². The molecule has 1 fully saturated rings. The van der Waals surface area contributed by atoms with Gasteiger partial charge in [-0.2, -0.15) is 0 Å². The van der Waals surface area contributed by atoms with Gasteiger partial charge >= 0.3 is 12.1 Å². The van der Waals surface area contributed by atoms with Gasteiger partial charge in [-0.1, -0.05) is 31.4 Å². The summed E-state index contributed by atoms with van der Waals surface area (Å²) in [7, 11) is 0. The average Bonchev–Trinajstić information content (AvgIpc) is 3.05. The lowest BCUT2D eigenvalue weighted by Crippen LogP contribution is -2.61. The first-order valence-electron chi connectivity index (χ1n) is 9.65. The number of ether oxygens (including phenoxy) is 2. The minimum atomic E-state index is -0.788. The van der Waals surface area contributed by atoms with E-state index in [2.05, 4.69) is 13.2 Å². The lowest BCUT2D eigenvalue weighted by molar-refractivity contribution is -0.162. The third-order valence-electron chi connectivity index (χ3n) is 5.43. The second-order valence-electron chi connectivity index (χ2n) is 7.25. The SMILES string of the molecule is C=CCOC(=O)C1=C(C2=CCN(C(=O)OCC=C)CC2)C[C@@H]2[C@@H]([C@@H](C)O)C(=O)N12. The highest BCUT2D eigenvalue weighted by Crippen LogP contribution is 2.46. The number of nitrogens with zero attached hydrogens (tertiary/aromatic N) is 2. The van der Waals surface area contributed by atoms with Gasteiger partial charge in [-0.15, -0.1) is 0 Å². The Bertz CT molecular complexity index is 797. The van der Waals surface area contributed by atoms with Gasteiger partial charge in [0.15, 0.2) is 0 Å². The molecule has 2 amide bonds. The number of rotatable bonds is 7. The molecule has 1 saturated heterocycles. The molecule has 3 aliphatic heterocycles. The normalized spacial score (nSPS) is 24.3. The van der Waals surface area contributed by atoms with E-state index in [1.807, 2.05) is 6.08 Å². The number of hydrogen-bond donors (Lipinski definition) is 1. The molecule has 0 unspecified atom stereocenters. The van der Waals surface area contributed by atoms with Crippen molar-refractivity contribution in [3.05, 3.63) is 48.2 Å². The maximum Gasteiger partial charge on any atom is 0.410 e. The monoisotopic (exact) mass is 402 g/mol. The Labute approximate surface area is 169 Å². The summed E-state index contributed by atoms with van der Waals surface area (Å²) in [5.41, 5.74) is 1.90. The molecule has 3 rings (SSSR count). The fraction of sp³-hybridized carbons (Fsp3) is 0.476. The van der Waals surface area contributed by atoms with Crippen molar-refractivity contribution in [1.82, 2.24) is 9.80 Å². The van der Waals surface area contributed by atoms with Gasteiger partial charge in [-0.05, 0) is 30.9 Å². The van der Waals surface area contributed by atoms with E-state index in [0.717, 1.165) is 11.1 Å². The third kappa shape index (κ3) is 3.85. The van der Waals surface area contributed by atoms with Crippen LogP contribution in [0.1, 0.15) is 19.8 Å². The van der Waals surface area contributed by atoms with Crippen LogP contribution in [0.3, 0.4) is 0 Å². The zero-order valence-electron chi connectivity index (χ0n) is 16.5. The maximum absolute atomic E-state index is 12.7. The predicted molar refractivity (Wildman–Crippen MR) is 104 cm³/mol. The van der Waals surface area contributed by atoms with Gasteiger partial charge in [0.05, 0.1) is 18.1 Å². The molecule has 29 heavy (non-hydrogen) atoms. The lowest BCUT2D eigenvalue weighted by atomic mass is 9.82. The van der Waals surface area contributed by atoms with Gasteiger partial charge in [-0.3, -0.25) is 4.79 Å². The molecule has 0 aromatic carbocycles. The van der Waals surface area contributed by atoms with E-state index >= 15 is 0 Å². The Kier molecular flexibility index (Phi) is 6.22. The van der Waals surface area contributed by atoms with Gasteiger partial charge in [0, 0.05) is 13.1 Å². The molecule has 0 saturated carbocycles. The molecular weight excluding hydrogens is 376 g/mol. The average molecular weight is 402 g/mol. The molecule has 0 spiro atoms. The first kappa shape index (κ1) is 20.9. The second-order valence-corrected chi connectivity index (χ2v) is 7.25. The third-order valence-corrected chi connectivity index (χ3v) is 5.43. The summed E-state index contributed by atoms with van der Waals surface area (Å²) in [6.07, 6.45) is 4.66. The van der Waals surface area contributed by atoms with Crippen LogP contribution in [0.15, 0.2) is 48.2 Å². The van der Waals surface area contributed by atoms with Crippen molar-refractivity contribution in [3.8, 4) is 0 Å². The van der Waals surface area contributed by atoms with E-state index in [9.17, 15) is 19.5 Å². The van der Waals surface area contributed by atoms with Gasteiger partial charge in [0.1, 0.15) is 18.9 Å². The minimum absolute atomic E-state index is 0.0457. The summed E-state index contributed by atoms with van der Waals surface area (Å²) >= 11 is 0. The number of hydrogen-bond acceptors (Lipinski definition) is 6. The number of aliphatic hydroxyl groups is 1. The highest BCUT2D eigenvalue weighted by molar-refractivity contribution is 6.01. The standard InChI is InChI=1S/C21H26N2O6/c1-4-10-28-20(26)18-15(12-16-17(13(3)24)19(25)23(16)18)14-6-8-22(9-7-14)21(27)29-11-5-2/h4-6,13,16-17,24H,1-2,7-12H2,3H3/t13-,16-,17-/m1/s1. The van der Waals surface area contributed by atoms with Crippen molar-refractivity contribution >= 4 is 18.0 Å². The van der Waals surface area contributed by atoms with Crippen LogP contribution in [0.5, 0.6) is 0 Å². The summed E-state index contributed by atoms with van der Waals surface area (Å²) < 4.78 is 10.3. The summed E-state index contributed by atoms with van der Waals surface area (Å²) in [6, 6.07) is -0.250. The Hall–Kier alpha value is -2.87. The molecule has 0 radical (unpaired) electrons. The molecule has 156 valence electrons. The smallest absolute Gasteiger partial charge is 0.410 e. The number of amides is 2. The first-order valence-corrected chi connectivity index (χ1v) is 9.65. The van der Waals surface area contributed by atoms with Crippen molar-refractivity contribution in [2.24, 2.45) is 5.92 Å². The van der Waals surface area contributed by atoms with Crippen LogP contribution in [0.4, 0.5) is 4.79 Å². The van der Waals surface area contributed by atoms with Crippen LogP contribution in [0.2, 0.25) is 0 Å². The molecule has 8 nitrogen and oxygen atoms in total. The fourth-order valence-electron chi connectivity index (χ4n) is 4.08. The van der Waals surface area contributed by atoms with Crippen LogP contribution < -0.4 is 0 Å². The molecule has 3 aliphatic rings. The summed E-state index contributed by atoms with van der Waals surface area (Å²) in [5.74, 6) is -1.37. The molecular formula is C21H26N2O6. The molecule has 0 aromatic rings. The maximum atomic E-state index is 12.7. The van der Waals surface area contributed by atoms with Crippen molar-refractivity contribution in [2.75, 3.05) is 26.3 Å². The number of carbonyl (C=O) groups excluding carboxylic acids is 3. The Morgan fingerprint density at radius 2 is 2.00 bits per heavy atom. The van der Waals surface area contributed by atoms with E-state index < -0.39 is 24.1 Å². The quantitative estimate of drug-likeness (QED) is 0.394. The molecule has 0 aromatic heterocycles. The molecule has 1 N–H and O–H groups in total. The Morgan fingerprint density at radius 1 is 1.31 bits per heavy atom. The van der Waals surface area contributed by atoms with E-state index in [0.29, 0.717) is 25.9 Å². The first-order chi connectivity index (χ1) is 13.9. The number of β-lactam (4-membered cyclic amide) rings is 1. The zero-order valence-corrected chi connectivity index (χ0v) is 16.5. The molecule has 0 aliphatic carbocycles. The molecule has 8 heteroatoms. The Balaban J connectivity index is 1.82. The number of fused-ring (bicyclic) bond motifs is 1. The van der Waals surface area contributed by atoms with E-state index in [-0.39, 0.29) is 30.9 Å². The van der Waals surface area contributed by atoms with Crippen LogP contribution in [-0.2, 0) is 19.1 Å². The van der Waals surface area contributed by atoms with E-state index in [4.69, 9.17) is 9.47 Å².